The SMILES string of the molecule is COC(=O)C1CCCC(Nc2ncc(F)c(-c3ccnc(C(C)(C)O)c3)n2)C1. The molecule has 2 atom stereocenters. The summed E-state index contributed by atoms with van der Waals surface area (Å²) in [6.07, 6.45) is 5.83. The van der Waals surface area contributed by atoms with Crippen LogP contribution in [0.5, 0.6) is 0 Å². The van der Waals surface area contributed by atoms with Crippen molar-refractivity contribution < 1.29 is 19.0 Å². The maximum absolute atomic E-state index is 14.4. The number of halogens is 1. The van der Waals surface area contributed by atoms with Crippen LogP contribution in [0.25, 0.3) is 11.3 Å². The Morgan fingerprint density at radius 1 is 1.36 bits per heavy atom. The van der Waals surface area contributed by atoms with Gasteiger partial charge in [-0.05, 0) is 45.2 Å². The van der Waals surface area contributed by atoms with Gasteiger partial charge in [0.2, 0.25) is 5.95 Å². The second kappa shape index (κ2) is 8.18. The Morgan fingerprint density at radius 2 is 2.14 bits per heavy atom. The molecule has 2 N–H and O–H groups in total. The number of carbonyl (C=O) groups is 1. The Kier molecular flexibility index (Phi) is 5.88. The number of carbonyl (C=O) groups excluding carboxylic acids is 1. The van der Waals surface area contributed by atoms with Gasteiger partial charge in [-0.3, -0.25) is 9.78 Å². The van der Waals surface area contributed by atoms with Crippen LogP contribution in [0.4, 0.5) is 10.3 Å². The number of ether oxygens (including phenoxy) is 1. The molecule has 0 saturated heterocycles. The molecule has 2 aromatic rings. The van der Waals surface area contributed by atoms with Gasteiger partial charge >= 0.3 is 5.97 Å². The zero-order valence-corrected chi connectivity index (χ0v) is 16.3. The number of aliphatic hydroxyl groups is 1. The van der Waals surface area contributed by atoms with Crippen LogP contribution in [0.3, 0.4) is 0 Å². The van der Waals surface area contributed by atoms with Gasteiger partial charge in [0, 0.05) is 17.8 Å². The van der Waals surface area contributed by atoms with Crippen molar-refractivity contribution >= 4 is 11.9 Å². The highest BCUT2D eigenvalue weighted by Crippen LogP contribution is 2.29. The first kappa shape index (κ1) is 20.1. The highest BCUT2D eigenvalue weighted by molar-refractivity contribution is 5.72. The van der Waals surface area contributed by atoms with Crippen molar-refractivity contribution in [1.29, 1.82) is 0 Å². The number of rotatable bonds is 5. The highest BCUT2D eigenvalue weighted by atomic mass is 19.1. The van der Waals surface area contributed by atoms with Crippen molar-refractivity contribution in [2.75, 3.05) is 12.4 Å². The topological polar surface area (TPSA) is 97.2 Å². The fraction of sp³-hybridized carbons (Fsp3) is 0.500. The van der Waals surface area contributed by atoms with E-state index in [-0.39, 0.29) is 23.6 Å². The smallest absolute Gasteiger partial charge is 0.308 e. The van der Waals surface area contributed by atoms with Gasteiger partial charge in [0.15, 0.2) is 5.82 Å². The minimum absolute atomic E-state index is 0.0144. The first-order valence-corrected chi connectivity index (χ1v) is 9.34. The van der Waals surface area contributed by atoms with Crippen LogP contribution in [0.15, 0.2) is 24.5 Å². The fourth-order valence-corrected chi connectivity index (χ4v) is 3.44. The molecule has 28 heavy (non-hydrogen) atoms. The molecule has 2 heterocycles. The lowest BCUT2D eigenvalue weighted by Gasteiger charge is -2.28. The van der Waals surface area contributed by atoms with Gasteiger partial charge in [-0.15, -0.1) is 0 Å². The van der Waals surface area contributed by atoms with E-state index in [0.717, 1.165) is 25.5 Å². The van der Waals surface area contributed by atoms with Crippen molar-refractivity contribution in [2.45, 2.75) is 51.2 Å². The Bertz CT molecular complexity index is 854. The van der Waals surface area contributed by atoms with E-state index in [1.807, 2.05) is 0 Å². The number of aromatic nitrogens is 3. The number of methoxy groups -OCH3 is 1. The summed E-state index contributed by atoms with van der Waals surface area (Å²) >= 11 is 0. The molecular weight excluding hydrogens is 363 g/mol. The Morgan fingerprint density at radius 3 is 2.86 bits per heavy atom. The summed E-state index contributed by atoms with van der Waals surface area (Å²) in [7, 11) is 1.39. The third-order valence-electron chi connectivity index (χ3n) is 4.95. The quantitative estimate of drug-likeness (QED) is 0.760. The second-order valence-electron chi connectivity index (χ2n) is 7.61. The molecule has 1 aliphatic carbocycles. The molecule has 0 amide bonds. The van der Waals surface area contributed by atoms with E-state index in [1.165, 1.54) is 13.3 Å². The maximum Gasteiger partial charge on any atom is 0.308 e. The van der Waals surface area contributed by atoms with E-state index in [4.69, 9.17) is 4.74 Å². The normalized spacial score (nSPS) is 19.9. The summed E-state index contributed by atoms with van der Waals surface area (Å²) in [6.45, 7) is 3.23. The molecule has 1 fully saturated rings. The lowest BCUT2D eigenvalue weighted by Crippen LogP contribution is -2.32. The van der Waals surface area contributed by atoms with Crippen LogP contribution in [0, 0.1) is 11.7 Å². The van der Waals surface area contributed by atoms with Crippen molar-refractivity contribution in [3.8, 4) is 11.3 Å². The maximum atomic E-state index is 14.4. The predicted molar refractivity (Wildman–Crippen MR) is 102 cm³/mol. The zero-order valence-electron chi connectivity index (χ0n) is 16.3. The van der Waals surface area contributed by atoms with Gasteiger partial charge in [0.25, 0.3) is 0 Å². The number of pyridine rings is 1. The van der Waals surface area contributed by atoms with Crippen LogP contribution >= 0.6 is 0 Å². The summed E-state index contributed by atoms with van der Waals surface area (Å²) in [6, 6.07) is 3.27. The number of hydrogen-bond donors (Lipinski definition) is 2. The lowest BCUT2D eigenvalue weighted by molar-refractivity contribution is -0.146. The molecule has 0 aromatic carbocycles. The van der Waals surface area contributed by atoms with Crippen LogP contribution in [0.2, 0.25) is 0 Å². The Hall–Kier alpha value is -2.61. The standard InChI is InChI=1S/C20H25FN4O3/c1-20(2,27)16-10-12(7-8-22-16)17-15(21)11-23-19(25-17)24-14-6-4-5-13(9-14)18(26)28-3/h7-8,10-11,13-14,27H,4-6,9H2,1-3H3,(H,23,24,25). The van der Waals surface area contributed by atoms with E-state index in [2.05, 4.69) is 20.3 Å². The van der Waals surface area contributed by atoms with E-state index in [1.54, 1.807) is 26.0 Å². The number of nitrogens with zero attached hydrogens (tertiary/aromatic N) is 3. The first-order valence-electron chi connectivity index (χ1n) is 9.34. The van der Waals surface area contributed by atoms with Crippen LogP contribution in [-0.4, -0.2) is 39.2 Å². The number of nitrogens with one attached hydrogen (secondary N) is 1. The van der Waals surface area contributed by atoms with Gasteiger partial charge in [0.05, 0.1) is 24.9 Å². The van der Waals surface area contributed by atoms with Crippen LogP contribution < -0.4 is 5.32 Å². The molecule has 3 rings (SSSR count). The molecule has 0 radical (unpaired) electrons. The largest absolute Gasteiger partial charge is 0.469 e. The fourth-order valence-electron chi connectivity index (χ4n) is 3.44. The summed E-state index contributed by atoms with van der Waals surface area (Å²) < 4.78 is 19.2. The van der Waals surface area contributed by atoms with Gasteiger partial charge < -0.3 is 15.2 Å². The van der Waals surface area contributed by atoms with Gasteiger partial charge in [-0.2, -0.15) is 0 Å². The molecule has 1 aliphatic rings. The monoisotopic (exact) mass is 388 g/mol. The molecule has 1 saturated carbocycles. The highest BCUT2D eigenvalue weighted by Gasteiger charge is 2.28. The van der Waals surface area contributed by atoms with Crippen molar-refractivity contribution in [3.05, 3.63) is 36.0 Å². The van der Waals surface area contributed by atoms with E-state index in [9.17, 15) is 14.3 Å². The molecular formula is C20H25FN4O3. The van der Waals surface area contributed by atoms with E-state index < -0.39 is 11.4 Å². The van der Waals surface area contributed by atoms with Gasteiger partial charge in [0.1, 0.15) is 11.3 Å². The van der Waals surface area contributed by atoms with Crippen LogP contribution in [0.1, 0.15) is 45.2 Å². The summed E-state index contributed by atoms with van der Waals surface area (Å²) in [5.74, 6) is -0.614. The molecule has 150 valence electrons. The van der Waals surface area contributed by atoms with Crippen molar-refractivity contribution in [1.82, 2.24) is 15.0 Å². The van der Waals surface area contributed by atoms with E-state index >= 15 is 0 Å². The Labute approximate surface area is 163 Å². The number of anilines is 1. The minimum atomic E-state index is -1.15. The molecule has 0 spiro atoms. The third kappa shape index (κ3) is 4.62. The summed E-state index contributed by atoms with van der Waals surface area (Å²) in [5, 5.41) is 13.4. The third-order valence-corrected chi connectivity index (χ3v) is 4.95. The lowest BCUT2D eigenvalue weighted by atomic mass is 9.86. The molecule has 0 aliphatic heterocycles. The van der Waals surface area contributed by atoms with Gasteiger partial charge in [-0.1, -0.05) is 6.42 Å². The molecule has 8 heteroatoms. The van der Waals surface area contributed by atoms with Crippen molar-refractivity contribution in [2.24, 2.45) is 5.92 Å². The first-order chi connectivity index (χ1) is 13.3. The average molecular weight is 388 g/mol. The second-order valence-corrected chi connectivity index (χ2v) is 7.61. The molecule has 0 bridgehead atoms. The van der Waals surface area contributed by atoms with Gasteiger partial charge in [-0.25, -0.2) is 14.4 Å². The summed E-state index contributed by atoms with van der Waals surface area (Å²) in [4.78, 5) is 24.3. The summed E-state index contributed by atoms with van der Waals surface area (Å²) in [5.41, 5.74) is -0.0893. The molecule has 7 nitrogen and oxygen atoms in total. The zero-order chi connectivity index (χ0) is 20.3. The Balaban J connectivity index is 1.81. The molecule has 2 unspecified atom stereocenters. The van der Waals surface area contributed by atoms with E-state index in [0.29, 0.717) is 23.6 Å². The van der Waals surface area contributed by atoms with Crippen LogP contribution in [-0.2, 0) is 15.1 Å². The number of esters is 1. The van der Waals surface area contributed by atoms with Crippen molar-refractivity contribution in [3.63, 3.8) is 0 Å². The minimum Gasteiger partial charge on any atom is -0.469 e. The number of hydrogen-bond acceptors (Lipinski definition) is 7. The predicted octanol–water partition coefficient (Wildman–Crippen LogP) is 3.05. The molecule has 2 aromatic heterocycles. The average Bonchev–Trinajstić information content (AvgIpc) is 2.68.